The minimum atomic E-state index is -4.45. The number of urea groups is 1. The normalized spacial score (nSPS) is 11.5. The molecular weight excluding hydrogens is 373 g/mol. The molecule has 23 heavy (non-hydrogen) atoms. The number of amides is 2. The van der Waals surface area contributed by atoms with Gasteiger partial charge in [-0.05, 0) is 42.0 Å². The van der Waals surface area contributed by atoms with E-state index >= 15 is 0 Å². The van der Waals surface area contributed by atoms with Gasteiger partial charge in [0.15, 0.2) is 0 Å². The first-order chi connectivity index (χ1) is 10.8. The molecule has 7 heteroatoms. The number of benzene rings is 2. The summed E-state index contributed by atoms with van der Waals surface area (Å²) in [5.41, 5.74) is 0.114. The van der Waals surface area contributed by atoms with Gasteiger partial charge < -0.3 is 10.6 Å². The van der Waals surface area contributed by atoms with Crippen LogP contribution < -0.4 is 10.6 Å². The minimum absolute atomic E-state index is 0.0642. The number of halogens is 4. The summed E-state index contributed by atoms with van der Waals surface area (Å²) >= 11 is 3.31. The first-order valence-electron chi connectivity index (χ1n) is 6.51. The third kappa shape index (κ3) is 5.45. The van der Waals surface area contributed by atoms with Crippen molar-refractivity contribution in [1.82, 2.24) is 5.32 Å². The van der Waals surface area contributed by atoms with E-state index in [4.69, 9.17) is 0 Å². The monoisotopic (exact) mass is 384 g/mol. The molecule has 0 heterocycles. The minimum Gasteiger partial charge on any atom is -0.314 e. The van der Waals surface area contributed by atoms with Crippen LogP contribution in [0.1, 0.15) is 11.1 Å². The molecule has 0 spiro atoms. The highest BCUT2D eigenvalue weighted by atomic mass is 79.9. The van der Waals surface area contributed by atoms with Gasteiger partial charge in [-0.25, -0.2) is 4.79 Å². The number of rotatable bonds is 3. The van der Waals surface area contributed by atoms with Crippen LogP contribution in [0.15, 0.2) is 59.2 Å². The molecule has 0 aliphatic carbocycles. The van der Waals surface area contributed by atoms with Crippen LogP contribution in [0.25, 0.3) is 6.08 Å². The number of carbonyl (C=O) groups is 1. The second-order valence-electron chi connectivity index (χ2n) is 4.56. The molecule has 0 fully saturated rings. The Hall–Kier alpha value is -2.28. The Kier molecular flexibility index (Phi) is 5.44. The first-order valence-corrected chi connectivity index (χ1v) is 7.31. The molecule has 2 rings (SSSR count). The summed E-state index contributed by atoms with van der Waals surface area (Å²) in [6.07, 6.45) is -1.38. The van der Waals surface area contributed by atoms with Gasteiger partial charge in [-0.2, -0.15) is 13.2 Å². The van der Waals surface area contributed by atoms with Crippen molar-refractivity contribution in [3.63, 3.8) is 0 Å². The van der Waals surface area contributed by atoms with E-state index in [1.165, 1.54) is 18.3 Å². The fourth-order valence-corrected chi connectivity index (χ4v) is 1.99. The molecule has 0 atom stereocenters. The third-order valence-electron chi connectivity index (χ3n) is 2.81. The molecule has 0 saturated heterocycles. The number of carbonyl (C=O) groups excluding carboxylic acids is 1. The fraction of sp³-hybridized carbons (Fsp3) is 0.0625. The predicted molar refractivity (Wildman–Crippen MR) is 86.8 cm³/mol. The molecule has 0 aromatic heterocycles. The van der Waals surface area contributed by atoms with Gasteiger partial charge in [-0.15, -0.1) is 0 Å². The first kappa shape index (κ1) is 17.1. The maximum Gasteiger partial charge on any atom is 0.416 e. The Labute approximate surface area is 139 Å². The van der Waals surface area contributed by atoms with Gasteiger partial charge >= 0.3 is 12.2 Å². The number of alkyl halides is 3. The van der Waals surface area contributed by atoms with Gasteiger partial charge in [0.2, 0.25) is 0 Å². The summed E-state index contributed by atoms with van der Waals surface area (Å²) in [6, 6.07) is 11.2. The highest BCUT2D eigenvalue weighted by Gasteiger charge is 2.30. The summed E-state index contributed by atoms with van der Waals surface area (Å²) in [5, 5.41) is 4.77. The maximum absolute atomic E-state index is 12.6. The molecule has 120 valence electrons. The Morgan fingerprint density at radius 1 is 1.09 bits per heavy atom. The van der Waals surface area contributed by atoms with E-state index < -0.39 is 17.8 Å². The van der Waals surface area contributed by atoms with E-state index in [2.05, 4.69) is 26.6 Å². The Bertz CT molecular complexity index is 712. The standard InChI is InChI=1S/C16H12BrF3N2O/c17-13-6-4-11(5-7-13)8-9-21-15(23)22-14-3-1-2-12(10-14)16(18,19)20/h1-10H,(H2,21,22,23)/b9-8+. The van der Waals surface area contributed by atoms with Crippen LogP contribution in [-0.4, -0.2) is 6.03 Å². The van der Waals surface area contributed by atoms with E-state index in [9.17, 15) is 18.0 Å². The molecule has 2 aromatic carbocycles. The van der Waals surface area contributed by atoms with Crippen LogP contribution in [0, 0.1) is 0 Å². The number of hydrogen-bond acceptors (Lipinski definition) is 1. The van der Waals surface area contributed by atoms with Crippen molar-refractivity contribution in [3.05, 3.63) is 70.3 Å². The van der Waals surface area contributed by atoms with E-state index in [1.54, 1.807) is 6.08 Å². The molecule has 3 nitrogen and oxygen atoms in total. The zero-order chi connectivity index (χ0) is 16.9. The Morgan fingerprint density at radius 2 is 1.78 bits per heavy atom. The molecule has 0 aliphatic rings. The topological polar surface area (TPSA) is 41.1 Å². The Balaban J connectivity index is 1.93. The predicted octanol–water partition coefficient (Wildman–Crippen LogP) is 5.26. The van der Waals surface area contributed by atoms with Crippen molar-refractivity contribution in [2.45, 2.75) is 6.18 Å². The van der Waals surface area contributed by atoms with Crippen molar-refractivity contribution < 1.29 is 18.0 Å². The lowest BCUT2D eigenvalue weighted by Gasteiger charge is -2.09. The summed E-state index contributed by atoms with van der Waals surface area (Å²) in [6.45, 7) is 0. The SMILES string of the molecule is O=C(N/C=C/c1ccc(Br)cc1)Nc1cccc(C(F)(F)F)c1. The molecule has 0 radical (unpaired) electrons. The molecular formula is C16H12BrF3N2O. The molecule has 2 aromatic rings. The van der Waals surface area contributed by atoms with E-state index in [-0.39, 0.29) is 5.69 Å². The summed E-state index contributed by atoms with van der Waals surface area (Å²) < 4.78 is 38.7. The van der Waals surface area contributed by atoms with E-state index in [1.807, 2.05) is 24.3 Å². The lowest BCUT2D eigenvalue weighted by atomic mass is 10.2. The van der Waals surface area contributed by atoms with Crippen LogP contribution in [0.2, 0.25) is 0 Å². The fourth-order valence-electron chi connectivity index (χ4n) is 1.73. The van der Waals surface area contributed by atoms with E-state index in [0.717, 1.165) is 22.2 Å². The second-order valence-corrected chi connectivity index (χ2v) is 5.48. The van der Waals surface area contributed by atoms with Crippen molar-refractivity contribution in [2.75, 3.05) is 5.32 Å². The van der Waals surface area contributed by atoms with Crippen molar-refractivity contribution >= 4 is 33.7 Å². The molecule has 2 N–H and O–H groups in total. The number of anilines is 1. The van der Waals surface area contributed by atoms with E-state index in [0.29, 0.717) is 0 Å². The molecule has 0 aliphatic heterocycles. The molecule has 0 saturated carbocycles. The van der Waals surface area contributed by atoms with Gasteiger partial charge in [0.1, 0.15) is 0 Å². The highest BCUT2D eigenvalue weighted by Crippen LogP contribution is 2.30. The number of nitrogens with one attached hydrogen (secondary N) is 2. The molecule has 0 unspecified atom stereocenters. The maximum atomic E-state index is 12.6. The molecule has 0 bridgehead atoms. The average molecular weight is 385 g/mol. The summed E-state index contributed by atoms with van der Waals surface area (Å²) in [4.78, 5) is 11.7. The second kappa shape index (κ2) is 7.32. The molecule has 2 amide bonds. The number of hydrogen-bond donors (Lipinski definition) is 2. The van der Waals surface area contributed by atoms with Crippen molar-refractivity contribution in [2.24, 2.45) is 0 Å². The zero-order valence-electron chi connectivity index (χ0n) is 11.7. The lowest BCUT2D eigenvalue weighted by Crippen LogP contribution is -2.23. The summed E-state index contributed by atoms with van der Waals surface area (Å²) in [5.74, 6) is 0. The van der Waals surface area contributed by atoms with Crippen LogP contribution in [0.3, 0.4) is 0 Å². The van der Waals surface area contributed by atoms with Crippen molar-refractivity contribution in [3.8, 4) is 0 Å². The van der Waals surface area contributed by atoms with Crippen LogP contribution >= 0.6 is 15.9 Å². The van der Waals surface area contributed by atoms with Gasteiger partial charge in [0.05, 0.1) is 5.56 Å². The zero-order valence-corrected chi connectivity index (χ0v) is 13.3. The Morgan fingerprint density at radius 3 is 2.43 bits per heavy atom. The van der Waals surface area contributed by atoms with Crippen LogP contribution in [-0.2, 0) is 6.18 Å². The van der Waals surface area contributed by atoms with Gasteiger partial charge in [-0.3, -0.25) is 0 Å². The van der Waals surface area contributed by atoms with Crippen molar-refractivity contribution in [1.29, 1.82) is 0 Å². The van der Waals surface area contributed by atoms with Gasteiger partial charge in [-0.1, -0.05) is 34.1 Å². The summed E-state index contributed by atoms with van der Waals surface area (Å²) in [7, 11) is 0. The average Bonchev–Trinajstić information content (AvgIpc) is 2.49. The van der Waals surface area contributed by atoms with Crippen LogP contribution in [0.4, 0.5) is 23.7 Å². The third-order valence-corrected chi connectivity index (χ3v) is 3.34. The largest absolute Gasteiger partial charge is 0.416 e. The lowest BCUT2D eigenvalue weighted by molar-refractivity contribution is -0.137. The van der Waals surface area contributed by atoms with Gasteiger partial charge in [0, 0.05) is 16.4 Å². The van der Waals surface area contributed by atoms with Crippen LogP contribution in [0.5, 0.6) is 0 Å². The van der Waals surface area contributed by atoms with Gasteiger partial charge in [0.25, 0.3) is 0 Å². The quantitative estimate of drug-likeness (QED) is 0.744. The highest BCUT2D eigenvalue weighted by molar-refractivity contribution is 9.10. The smallest absolute Gasteiger partial charge is 0.314 e.